The molecule has 0 radical (unpaired) electrons. The highest BCUT2D eigenvalue weighted by molar-refractivity contribution is 7.99. The first-order chi connectivity index (χ1) is 10.1. The van der Waals surface area contributed by atoms with Crippen LogP contribution in [0, 0.1) is 0 Å². The molecule has 0 aromatic heterocycles. The third-order valence-electron chi connectivity index (χ3n) is 3.88. The number of ether oxygens (including phenoxy) is 1. The van der Waals surface area contributed by atoms with Crippen LogP contribution in [0.15, 0.2) is 0 Å². The molecule has 0 aromatic rings. The van der Waals surface area contributed by atoms with Gasteiger partial charge in [-0.3, -0.25) is 0 Å². The van der Waals surface area contributed by atoms with Crippen molar-refractivity contribution in [1.82, 2.24) is 0 Å². The standard InChI is InChI=1S/C15H30O5S/c1-2-3-4-5-6-7-8-9-21-15-14(19)13(18)12(17)11(10-16)20-15/h11-19H,2-10H2,1H3/t11-,12-,13+,14-,15-/m0/s1. The molecule has 1 aliphatic rings. The predicted molar refractivity (Wildman–Crippen MR) is 84.2 cm³/mol. The fourth-order valence-electron chi connectivity index (χ4n) is 2.46. The highest BCUT2D eigenvalue weighted by Crippen LogP contribution is 2.29. The number of aliphatic hydroxyl groups excluding tert-OH is 4. The van der Waals surface area contributed by atoms with Crippen LogP contribution in [-0.2, 0) is 4.74 Å². The van der Waals surface area contributed by atoms with E-state index in [-0.39, 0.29) is 6.61 Å². The first kappa shape index (κ1) is 19.2. The van der Waals surface area contributed by atoms with Gasteiger partial charge in [0.1, 0.15) is 29.9 Å². The Labute approximate surface area is 131 Å². The second-order valence-electron chi connectivity index (χ2n) is 5.69. The lowest BCUT2D eigenvalue weighted by atomic mass is 10.0. The molecule has 21 heavy (non-hydrogen) atoms. The van der Waals surface area contributed by atoms with E-state index in [2.05, 4.69) is 6.92 Å². The van der Waals surface area contributed by atoms with Crippen molar-refractivity contribution < 1.29 is 25.2 Å². The van der Waals surface area contributed by atoms with Gasteiger partial charge in [0, 0.05) is 0 Å². The maximum absolute atomic E-state index is 9.88. The molecular formula is C15H30O5S. The van der Waals surface area contributed by atoms with Crippen molar-refractivity contribution in [3.8, 4) is 0 Å². The van der Waals surface area contributed by atoms with Gasteiger partial charge in [-0.15, -0.1) is 11.8 Å². The molecular weight excluding hydrogens is 292 g/mol. The summed E-state index contributed by atoms with van der Waals surface area (Å²) < 4.78 is 5.44. The summed E-state index contributed by atoms with van der Waals surface area (Å²) in [5.41, 5.74) is -0.583. The number of rotatable bonds is 10. The van der Waals surface area contributed by atoms with Crippen LogP contribution in [0.25, 0.3) is 0 Å². The average Bonchev–Trinajstić information content (AvgIpc) is 2.49. The van der Waals surface area contributed by atoms with Crippen LogP contribution in [0.3, 0.4) is 0 Å². The molecule has 0 aliphatic carbocycles. The zero-order chi connectivity index (χ0) is 15.7. The summed E-state index contributed by atoms with van der Waals surface area (Å²) in [6.07, 6.45) is 4.14. The Balaban J connectivity index is 2.16. The average molecular weight is 322 g/mol. The van der Waals surface area contributed by atoms with Gasteiger partial charge in [0.05, 0.1) is 6.61 Å². The Bertz CT molecular complexity index is 264. The van der Waals surface area contributed by atoms with E-state index < -0.39 is 29.9 Å². The van der Waals surface area contributed by atoms with Crippen molar-refractivity contribution in [1.29, 1.82) is 0 Å². The molecule has 4 N–H and O–H groups in total. The summed E-state index contributed by atoms with van der Waals surface area (Å²) in [4.78, 5) is 0. The molecule has 0 bridgehead atoms. The first-order valence-electron chi connectivity index (χ1n) is 8.04. The van der Waals surface area contributed by atoms with Gasteiger partial charge in [-0.05, 0) is 12.2 Å². The number of hydrogen-bond donors (Lipinski definition) is 4. The fourth-order valence-corrected chi connectivity index (χ4v) is 3.65. The van der Waals surface area contributed by atoms with Gasteiger partial charge in [0.15, 0.2) is 0 Å². The number of thioether (sulfide) groups is 1. The van der Waals surface area contributed by atoms with Crippen molar-refractivity contribution in [3.05, 3.63) is 0 Å². The molecule has 5 nitrogen and oxygen atoms in total. The summed E-state index contributed by atoms with van der Waals surface area (Å²) in [7, 11) is 0. The Morgan fingerprint density at radius 2 is 1.48 bits per heavy atom. The Morgan fingerprint density at radius 3 is 2.10 bits per heavy atom. The van der Waals surface area contributed by atoms with Crippen LogP contribution in [0.2, 0.25) is 0 Å². The topological polar surface area (TPSA) is 90.2 Å². The van der Waals surface area contributed by atoms with Gasteiger partial charge in [-0.1, -0.05) is 45.4 Å². The van der Waals surface area contributed by atoms with E-state index in [0.29, 0.717) is 0 Å². The van der Waals surface area contributed by atoms with Crippen LogP contribution in [0.4, 0.5) is 0 Å². The first-order valence-corrected chi connectivity index (χ1v) is 9.08. The minimum Gasteiger partial charge on any atom is -0.394 e. The third kappa shape index (κ3) is 6.42. The highest BCUT2D eigenvalue weighted by Gasteiger charge is 2.43. The summed E-state index contributed by atoms with van der Waals surface area (Å²) in [6.45, 7) is 1.84. The van der Waals surface area contributed by atoms with Crippen LogP contribution < -0.4 is 0 Å². The normalized spacial score (nSPS) is 33.3. The van der Waals surface area contributed by atoms with E-state index in [1.807, 2.05) is 0 Å². The van der Waals surface area contributed by atoms with Crippen molar-refractivity contribution in [2.75, 3.05) is 12.4 Å². The summed E-state index contributed by atoms with van der Waals surface area (Å²) in [5, 5.41) is 38.4. The number of hydrogen-bond acceptors (Lipinski definition) is 6. The monoisotopic (exact) mass is 322 g/mol. The molecule has 1 saturated heterocycles. The molecule has 0 saturated carbocycles. The van der Waals surface area contributed by atoms with Crippen molar-refractivity contribution in [2.24, 2.45) is 0 Å². The molecule has 0 unspecified atom stereocenters. The van der Waals surface area contributed by atoms with Gasteiger partial charge >= 0.3 is 0 Å². The van der Waals surface area contributed by atoms with Gasteiger partial charge in [-0.25, -0.2) is 0 Å². The summed E-state index contributed by atoms with van der Waals surface area (Å²) in [6, 6.07) is 0. The molecule has 0 spiro atoms. The predicted octanol–water partition coefficient (Wildman–Crippen LogP) is 1.27. The van der Waals surface area contributed by atoms with E-state index in [9.17, 15) is 15.3 Å². The SMILES string of the molecule is CCCCCCCCCS[C@@H]1O[C@@H](CO)[C@H](O)[C@@H](O)[C@@H]1O. The second kappa shape index (κ2) is 10.8. The van der Waals surface area contributed by atoms with E-state index in [1.165, 1.54) is 43.9 Å². The van der Waals surface area contributed by atoms with Crippen LogP contribution >= 0.6 is 11.8 Å². The highest BCUT2D eigenvalue weighted by atomic mass is 32.2. The smallest absolute Gasteiger partial charge is 0.132 e. The van der Waals surface area contributed by atoms with Gasteiger partial charge in [0.2, 0.25) is 0 Å². The van der Waals surface area contributed by atoms with Gasteiger partial charge < -0.3 is 25.2 Å². The number of aliphatic hydroxyl groups is 4. The van der Waals surface area contributed by atoms with E-state index in [1.54, 1.807) is 0 Å². The molecule has 0 aromatic carbocycles. The minimum atomic E-state index is -1.26. The largest absolute Gasteiger partial charge is 0.394 e. The molecule has 1 fully saturated rings. The Hall–Kier alpha value is 0.150. The Kier molecular flexibility index (Phi) is 9.88. The molecule has 1 aliphatic heterocycles. The van der Waals surface area contributed by atoms with Crippen LogP contribution in [0.1, 0.15) is 51.9 Å². The molecule has 126 valence electrons. The van der Waals surface area contributed by atoms with Gasteiger partial charge in [0.25, 0.3) is 0 Å². The quantitative estimate of drug-likeness (QED) is 0.453. The zero-order valence-corrected chi connectivity index (χ0v) is 13.7. The van der Waals surface area contributed by atoms with Crippen LogP contribution in [0.5, 0.6) is 0 Å². The van der Waals surface area contributed by atoms with Crippen molar-refractivity contribution in [2.45, 2.75) is 81.7 Å². The van der Waals surface area contributed by atoms with E-state index in [0.717, 1.165) is 18.6 Å². The van der Waals surface area contributed by atoms with Crippen molar-refractivity contribution in [3.63, 3.8) is 0 Å². The maximum Gasteiger partial charge on any atom is 0.132 e. The number of unbranched alkanes of at least 4 members (excludes halogenated alkanes) is 6. The fraction of sp³-hybridized carbons (Fsp3) is 1.00. The second-order valence-corrected chi connectivity index (χ2v) is 6.90. The summed E-state index contributed by atoms with van der Waals surface area (Å²) in [5.74, 6) is 0.844. The molecule has 1 heterocycles. The lowest BCUT2D eigenvalue weighted by Crippen LogP contribution is -2.57. The molecule has 1 rings (SSSR count). The third-order valence-corrected chi connectivity index (χ3v) is 5.12. The minimum absolute atomic E-state index is 0.362. The Morgan fingerprint density at radius 1 is 0.857 bits per heavy atom. The van der Waals surface area contributed by atoms with Gasteiger partial charge in [-0.2, -0.15) is 0 Å². The molecule has 0 amide bonds. The van der Waals surface area contributed by atoms with E-state index in [4.69, 9.17) is 9.84 Å². The van der Waals surface area contributed by atoms with E-state index >= 15 is 0 Å². The molecule has 5 atom stereocenters. The lowest BCUT2D eigenvalue weighted by molar-refractivity contribution is -0.205. The van der Waals surface area contributed by atoms with Crippen LogP contribution in [-0.4, -0.2) is 62.6 Å². The maximum atomic E-state index is 9.88. The van der Waals surface area contributed by atoms with Crippen molar-refractivity contribution >= 4 is 11.8 Å². The summed E-state index contributed by atoms with van der Waals surface area (Å²) >= 11 is 1.44. The lowest BCUT2D eigenvalue weighted by Gasteiger charge is -2.39. The molecule has 6 heteroatoms. The zero-order valence-electron chi connectivity index (χ0n) is 12.9.